The van der Waals surface area contributed by atoms with E-state index in [1.54, 1.807) is 0 Å². The van der Waals surface area contributed by atoms with Gasteiger partial charge in [-0.15, -0.1) is 0 Å². The van der Waals surface area contributed by atoms with Gasteiger partial charge in [0.1, 0.15) is 5.76 Å². The van der Waals surface area contributed by atoms with Crippen LogP contribution in [0.25, 0.3) is 0 Å². The van der Waals surface area contributed by atoms with Crippen molar-refractivity contribution in [1.82, 2.24) is 4.90 Å². The Bertz CT molecular complexity index is 553. The van der Waals surface area contributed by atoms with E-state index in [0.717, 1.165) is 55.7 Å². The number of hydrogen-bond donors (Lipinski definition) is 1. The van der Waals surface area contributed by atoms with Crippen LogP contribution in [-0.2, 0) is 6.42 Å². The van der Waals surface area contributed by atoms with Gasteiger partial charge >= 0.3 is 0 Å². The quantitative estimate of drug-likeness (QED) is 0.864. The van der Waals surface area contributed by atoms with Gasteiger partial charge in [-0.05, 0) is 38.0 Å². The zero-order valence-electron chi connectivity index (χ0n) is 13.2. The topological polar surface area (TPSA) is 53.7 Å². The predicted octanol–water partition coefficient (Wildman–Crippen LogP) is 3.22. The van der Waals surface area contributed by atoms with Crippen LogP contribution >= 0.6 is 0 Å². The number of furan rings is 1. The number of rotatable bonds is 1. The monoisotopic (exact) mass is 291 g/mol. The molecule has 1 fully saturated rings. The van der Waals surface area contributed by atoms with Crippen molar-refractivity contribution < 1.29 is 14.3 Å². The first kappa shape index (κ1) is 14.6. The number of likely N-dealkylation sites (tertiary alicyclic amines) is 1. The lowest BCUT2D eigenvalue weighted by Crippen LogP contribution is -2.35. The van der Waals surface area contributed by atoms with Crippen molar-refractivity contribution in [2.24, 2.45) is 5.41 Å². The molecule has 0 radical (unpaired) electrons. The van der Waals surface area contributed by atoms with E-state index >= 15 is 0 Å². The molecule has 1 unspecified atom stereocenters. The average Bonchev–Trinajstić information content (AvgIpc) is 2.74. The van der Waals surface area contributed by atoms with Gasteiger partial charge in [0, 0.05) is 30.6 Å². The molecule has 1 N–H and O–H groups in total. The number of carbonyl (C=O) groups excluding carboxylic acids is 1. The van der Waals surface area contributed by atoms with E-state index in [1.165, 1.54) is 6.42 Å². The highest BCUT2D eigenvalue weighted by Crippen LogP contribution is 2.44. The Balaban J connectivity index is 1.93. The molecule has 1 aromatic rings. The number of nitrogens with zero attached hydrogens (tertiary/aromatic N) is 1. The molecule has 2 aliphatic rings. The highest BCUT2D eigenvalue weighted by atomic mass is 16.4. The van der Waals surface area contributed by atoms with Gasteiger partial charge in [0.05, 0.1) is 6.10 Å². The minimum Gasteiger partial charge on any atom is -0.455 e. The summed E-state index contributed by atoms with van der Waals surface area (Å²) in [7, 11) is 0. The summed E-state index contributed by atoms with van der Waals surface area (Å²) >= 11 is 0. The van der Waals surface area contributed by atoms with E-state index < -0.39 is 6.10 Å². The lowest BCUT2D eigenvalue weighted by molar-refractivity contribution is 0.0682. The molecule has 1 saturated heterocycles. The lowest BCUT2D eigenvalue weighted by Gasteiger charge is -2.31. The van der Waals surface area contributed by atoms with Crippen molar-refractivity contribution in [2.75, 3.05) is 13.1 Å². The summed E-state index contributed by atoms with van der Waals surface area (Å²) < 4.78 is 5.91. The van der Waals surface area contributed by atoms with Crippen LogP contribution in [0.3, 0.4) is 0 Å². The first-order chi connectivity index (χ1) is 9.89. The normalized spacial score (nSPS) is 24.8. The SMILES string of the molecule is Cc1c(C(=O)N2CCCCC2)oc2c1C(O)CC(C)(C)C2. The third kappa shape index (κ3) is 2.61. The number of aliphatic hydroxyl groups is 1. The Morgan fingerprint density at radius 3 is 2.62 bits per heavy atom. The molecule has 4 nitrogen and oxygen atoms in total. The minimum atomic E-state index is -0.518. The number of fused-ring (bicyclic) bond motifs is 1. The molecule has 3 rings (SSSR count). The predicted molar refractivity (Wildman–Crippen MR) is 80.3 cm³/mol. The van der Waals surface area contributed by atoms with E-state index in [2.05, 4.69) is 13.8 Å². The maximum absolute atomic E-state index is 12.7. The van der Waals surface area contributed by atoms with Gasteiger partial charge < -0.3 is 14.4 Å². The molecule has 1 atom stereocenters. The number of aliphatic hydroxyl groups excluding tert-OH is 1. The van der Waals surface area contributed by atoms with E-state index in [4.69, 9.17) is 4.42 Å². The van der Waals surface area contributed by atoms with Crippen LogP contribution in [-0.4, -0.2) is 29.0 Å². The third-order valence-electron chi connectivity index (χ3n) is 4.83. The summed E-state index contributed by atoms with van der Waals surface area (Å²) in [6.07, 6.45) is 4.33. The van der Waals surface area contributed by atoms with Crippen LogP contribution in [0.5, 0.6) is 0 Å². The summed E-state index contributed by atoms with van der Waals surface area (Å²) in [6.45, 7) is 7.79. The fraction of sp³-hybridized carbons (Fsp3) is 0.706. The van der Waals surface area contributed by atoms with Crippen molar-refractivity contribution in [3.8, 4) is 0 Å². The van der Waals surface area contributed by atoms with Gasteiger partial charge in [0.2, 0.25) is 0 Å². The van der Waals surface area contributed by atoms with Crippen LogP contribution in [0.15, 0.2) is 4.42 Å². The highest BCUT2D eigenvalue weighted by molar-refractivity contribution is 5.93. The van der Waals surface area contributed by atoms with E-state index in [1.807, 2.05) is 11.8 Å². The molecule has 1 aromatic heterocycles. The van der Waals surface area contributed by atoms with Gasteiger partial charge in [-0.2, -0.15) is 0 Å². The van der Waals surface area contributed by atoms with Gasteiger partial charge in [-0.25, -0.2) is 0 Å². The molecule has 0 saturated carbocycles. The Morgan fingerprint density at radius 2 is 1.95 bits per heavy atom. The van der Waals surface area contributed by atoms with Crippen molar-refractivity contribution in [3.05, 3.63) is 22.6 Å². The molecule has 0 aromatic carbocycles. The molecular formula is C17H25NO3. The van der Waals surface area contributed by atoms with E-state index in [9.17, 15) is 9.90 Å². The second-order valence-corrected chi connectivity index (χ2v) is 7.31. The average molecular weight is 291 g/mol. The summed E-state index contributed by atoms with van der Waals surface area (Å²) in [5.41, 5.74) is 1.71. The standard InChI is InChI=1S/C17H25NO3/c1-11-14-12(19)9-17(2,3)10-13(14)21-15(11)16(20)18-7-5-4-6-8-18/h12,19H,4-10H2,1-3H3. The van der Waals surface area contributed by atoms with Crippen LogP contribution in [0.1, 0.15) is 73.1 Å². The summed E-state index contributed by atoms with van der Waals surface area (Å²) in [6, 6.07) is 0. The Morgan fingerprint density at radius 1 is 1.29 bits per heavy atom. The number of piperidine rings is 1. The number of carbonyl (C=O) groups is 1. The number of amides is 1. The van der Waals surface area contributed by atoms with Crippen LogP contribution in [0.4, 0.5) is 0 Å². The van der Waals surface area contributed by atoms with Crippen LogP contribution in [0.2, 0.25) is 0 Å². The van der Waals surface area contributed by atoms with Crippen molar-refractivity contribution in [1.29, 1.82) is 0 Å². The van der Waals surface area contributed by atoms with Gasteiger partial charge in [-0.3, -0.25) is 4.79 Å². The summed E-state index contributed by atoms with van der Waals surface area (Å²) in [5, 5.41) is 10.4. The van der Waals surface area contributed by atoms with Gasteiger partial charge in [-0.1, -0.05) is 13.8 Å². The Kier molecular flexibility index (Phi) is 3.60. The number of hydrogen-bond acceptors (Lipinski definition) is 3. The molecule has 1 amide bonds. The molecule has 0 bridgehead atoms. The van der Waals surface area contributed by atoms with E-state index in [-0.39, 0.29) is 11.3 Å². The fourth-order valence-corrected chi connectivity index (χ4v) is 3.73. The van der Waals surface area contributed by atoms with Crippen LogP contribution < -0.4 is 0 Å². The second kappa shape index (κ2) is 5.16. The van der Waals surface area contributed by atoms with Crippen molar-refractivity contribution in [3.63, 3.8) is 0 Å². The van der Waals surface area contributed by atoms with E-state index in [0.29, 0.717) is 5.76 Å². The molecule has 116 valence electrons. The van der Waals surface area contributed by atoms with Crippen molar-refractivity contribution >= 4 is 5.91 Å². The van der Waals surface area contributed by atoms with Crippen LogP contribution in [0, 0.1) is 12.3 Å². The lowest BCUT2D eigenvalue weighted by atomic mass is 9.75. The molecule has 2 heterocycles. The van der Waals surface area contributed by atoms with Crippen molar-refractivity contribution in [2.45, 2.75) is 59.0 Å². The Labute approximate surface area is 126 Å². The van der Waals surface area contributed by atoms with Gasteiger partial charge in [0.15, 0.2) is 5.76 Å². The maximum Gasteiger partial charge on any atom is 0.289 e. The molecule has 0 spiro atoms. The largest absolute Gasteiger partial charge is 0.455 e. The highest BCUT2D eigenvalue weighted by Gasteiger charge is 2.37. The second-order valence-electron chi connectivity index (χ2n) is 7.31. The zero-order valence-corrected chi connectivity index (χ0v) is 13.2. The first-order valence-electron chi connectivity index (χ1n) is 7.98. The smallest absolute Gasteiger partial charge is 0.289 e. The minimum absolute atomic E-state index is 0.00777. The summed E-state index contributed by atoms with van der Waals surface area (Å²) in [4.78, 5) is 14.5. The van der Waals surface area contributed by atoms with Gasteiger partial charge in [0.25, 0.3) is 5.91 Å². The molecule has 1 aliphatic carbocycles. The molecular weight excluding hydrogens is 266 g/mol. The molecule has 21 heavy (non-hydrogen) atoms. The fourth-order valence-electron chi connectivity index (χ4n) is 3.73. The Hall–Kier alpha value is -1.29. The zero-order chi connectivity index (χ0) is 15.2. The molecule has 4 heteroatoms. The third-order valence-corrected chi connectivity index (χ3v) is 4.83. The first-order valence-corrected chi connectivity index (χ1v) is 7.98. The molecule has 1 aliphatic heterocycles. The maximum atomic E-state index is 12.7. The summed E-state index contributed by atoms with van der Waals surface area (Å²) in [5.74, 6) is 1.24.